The highest BCUT2D eigenvalue weighted by Gasteiger charge is 2.52. The Labute approximate surface area is 362 Å². The topological polar surface area (TPSA) is 275 Å². The number of halogens is 2. The number of aromatic nitrogens is 8. The number of amides is 2. The fraction of sp³-hybridized carbons (Fsp3) is 0.550. The molecular weight excluding hydrogens is 850 g/mol. The molecule has 0 radical (unpaired) electrons. The van der Waals surface area contributed by atoms with Gasteiger partial charge in [0.05, 0.1) is 25.3 Å². The van der Waals surface area contributed by atoms with Crippen molar-refractivity contribution >= 4 is 58.0 Å². The number of nitrogens with one attached hydrogen (secondary N) is 4. The number of ether oxygens (including phenoxy) is 4. The van der Waals surface area contributed by atoms with Crippen LogP contribution in [0.4, 0.5) is 20.7 Å². The second kappa shape index (κ2) is 19.6. The minimum Gasteiger partial charge on any atom is -0.454 e. The minimum atomic E-state index is -1.73. The Morgan fingerprint density at radius 3 is 1.33 bits per heavy atom. The van der Waals surface area contributed by atoms with E-state index in [0.29, 0.717) is 12.8 Å². The molecule has 4 aromatic heterocycles. The van der Waals surface area contributed by atoms with Gasteiger partial charge in [0.15, 0.2) is 59.3 Å². The second-order valence-corrected chi connectivity index (χ2v) is 15.2. The number of H-pyrrole nitrogens is 2. The van der Waals surface area contributed by atoms with Gasteiger partial charge in [0.25, 0.3) is 11.1 Å². The number of carbonyl (C=O) groups is 4. The number of aromatic amines is 2. The molecule has 2 saturated heterocycles. The Bertz CT molecular complexity index is 2600. The Hall–Kier alpha value is -6.92. The number of fused-ring (bicyclic) bond motifs is 2. The van der Waals surface area contributed by atoms with Crippen molar-refractivity contribution in [2.45, 2.75) is 131 Å². The molecular formula is C40H48F2N10O12. The van der Waals surface area contributed by atoms with E-state index in [1.807, 2.05) is 13.8 Å². The predicted octanol–water partition coefficient (Wildman–Crippen LogP) is 1.38. The Morgan fingerprint density at radius 2 is 1.05 bits per heavy atom. The number of carbonyl (C=O) groups excluding carboxylic acids is 4. The lowest BCUT2D eigenvalue weighted by atomic mass is 9.97. The van der Waals surface area contributed by atoms with Crippen LogP contribution in [0, 0.1) is 36.5 Å². The third-order valence-electron chi connectivity index (χ3n) is 10.6. The zero-order valence-electron chi connectivity index (χ0n) is 36.1. The summed E-state index contributed by atoms with van der Waals surface area (Å²) in [6.45, 7) is 11.3. The van der Waals surface area contributed by atoms with E-state index in [1.54, 1.807) is 13.8 Å². The number of rotatable bonds is 12. The third kappa shape index (κ3) is 9.38. The number of alkyl halides is 2. The summed E-state index contributed by atoms with van der Waals surface area (Å²) in [6.07, 6.45) is 0.741. The van der Waals surface area contributed by atoms with Gasteiger partial charge < -0.3 is 18.9 Å². The van der Waals surface area contributed by atoms with E-state index in [1.165, 1.54) is 13.8 Å². The molecule has 0 unspecified atom stereocenters. The normalized spacial score (nSPS) is 23.6. The molecule has 6 rings (SSSR count). The van der Waals surface area contributed by atoms with Crippen LogP contribution in [0.3, 0.4) is 0 Å². The summed E-state index contributed by atoms with van der Waals surface area (Å²) in [7, 11) is 0. The van der Waals surface area contributed by atoms with Crippen LogP contribution in [-0.4, -0.2) is 98.7 Å². The molecule has 0 spiro atoms. The molecule has 24 heteroatoms. The number of hydrogen-bond donors (Lipinski definition) is 4. The van der Waals surface area contributed by atoms with E-state index in [9.17, 15) is 38.4 Å². The van der Waals surface area contributed by atoms with Crippen LogP contribution >= 0.6 is 0 Å². The van der Waals surface area contributed by atoms with E-state index in [-0.39, 0.29) is 59.1 Å². The zero-order valence-corrected chi connectivity index (χ0v) is 36.1. The van der Waals surface area contributed by atoms with Crippen molar-refractivity contribution < 1.29 is 46.9 Å². The number of hydrogen-bond acceptors (Lipinski definition) is 14. The van der Waals surface area contributed by atoms with Gasteiger partial charge in [-0.3, -0.25) is 58.5 Å². The van der Waals surface area contributed by atoms with Gasteiger partial charge >= 0.3 is 23.3 Å². The fourth-order valence-corrected chi connectivity index (χ4v) is 7.47. The van der Waals surface area contributed by atoms with Crippen LogP contribution in [0.15, 0.2) is 19.2 Å². The molecule has 2 aliphatic rings. The van der Waals surface area contributed by atoms with Gasteiger partial charge in [-0.05, 0) is 11.8 Å². The molecule has 2 amide bonds. The Balaban J connectivity index is 0.000000241. The van der Waals surface area contributed by atoms with E-state index in [4.69, 9.17) is 31.8 Å². The summed E-state index contributed by atoms with van der Waals surface area (Å²) >= 11 is 0. The zero-order chi connectivity index (χ0) is 47.5. The second-order valence-electron chi connectivity index (χ2n) is 15.2. The van der Waals surface area contributed by atoms with Crippen LogP contribution in [0.2, 0.25) is 0 Å². The lowest BCUT2D eigenvalue weighted by Gasteiger charge is -2.20. The summed E-state index contributed by atoms with van der Waals surface area (Å²) in [5, 5.41) is 4.67. The van der Waals surface area contributed by atoms with Crippen molar-refractivity contribution in [1.82, 2.24) is 38.2 Å². The van der Waals surface area contributed by atoms with Crippen LogP contribution in [0.5, 0.6) is 0 Å². The first kappa shape index (κ1) is 48.1. The van der Waals surface area contributed by atoms with Crippen LogP contribution in [0.1, 0.15) is 80.7 Å². The van der Waals surface area contributed by atoms with Gasteiger partial charge in [0.1, 0.15) is 0 Å². The van der Waals surface area contributed by atoms with Crippen molar-refractivity contribution in [2.75, 3.05) is 10.6 Å². The van der Waals surface area contributed by atoms with Gasteiger partial charge in [0.2, 0.25) is 23.7 Å². The standard InChI is InChI=1S/2C20H24FN5O6/c2*1-6-8-25-13-16(23-19(22-10(4)27)24-17(13)29)26(20(25)30)18-15(31-11(5)28)12(21)14(32-18)9(3)7-2/h2*1,9,12,14-15,18H,7-8H2,2-5H3,(H2,22,23,24,27,29)/t9-,12+,14-,15-,18-;9-,12-,14+,15+,18+/m10/s1. The summed E-state index contributed by atoms with van der Waals surface area (Å²) in [5.41, 5.74) is -3.85. The van der Waals surface area contributed by atoms with Crippen LogP contribution in [-0.2, 0) is 51.2 Å². The fourth-order valence-electron chi connectivity index (χ4n) is 7.47. The Kier molecular flexibility index (Phi) is 14.8. The smallest absolute Gasteiger partial charge is 0.333 e. The molecule has 64 heavy (non-hydrogen) atoms. The van der Waals surface area contributed by atoms with E-state index in [0.717, 1.165) is 32.1 Å². The highest BCUT2D eigenvalue weighted by molar-refractivity contribution is 5.88. The summed E-state index contributed by atoms with van der Waals surface area (Å²) in [5.74, 6) is 1.05. The quantitative estimate of drug-likeness (QED) is 0.116. The van der Waals surface area contributed by atoms with Gasteiger partial charge in [-0.15, -0.1) is 12.8 Å². The molecule has 0 aliphatic carbocycles. The minimum absolute atomic E-state index is 0.186. The van der Waals surface area contributed by atoms with Crippen molar-refractivity contribution in [1.29, 1.82) is 0 Å². The van der Waals surface area contributed by atoms with E-state index < -0.39 is 95.5 Å². The average molecular weight is 899 g/mol. The number of anilines is 2. The molecule has 10 atom stereocenters. The molecule has 2 aliphatic heterocycles. The largest absolute Gasteiger partial charge is 0.454 e. The lowest BCUT2D eigenvalue weighted by Crippen LogP contribution is -2.37. The van der Waals surface area contributed by atoms with Gasteiger partial charge in [-0.2, -0.15) is 9.97 Å². The number of imidazole rings is 2. The van der Waals surface area contributed by atoms with Crippen molar-refractivity contribution in [3.63, 3.8) is 0 Å². The van der Waals surface area contributed by atoms with E-state index in [2.05, 4.69) is 42.4 Å². The first-order valence-corrected chi connectivity index (χ1v) is 20.1. The van der Waals surface area contributed by atoms with E-state index >= 15 is 8.78 Å². The predicted molar refractivity (Wildman–Crippen MR) is 223 cm³/mol. The molecule has 4 aromatic rings. The van der Waals surface area contributed by atoms with Crippen molar-refractivity contribution in [3.05, 3.63) is 41.7 Å². The van der Waals surface area contributed by atoms with Crippen LogP contribution in [0.25, 0.3) is 22.3 Å². The highest BCUT2D eigenvalue weighted by atomic mass is 19.1. The van der Waals surface area contributed by atoms with Crippen molar-refractivity contribution in [2.24, 2.45) is 11.8 Å². The number of nitrogens with zero attached hydrogens (tertiary/aromatic N) is 6. The maximum Gasteiger partial charge on any atom is 0.333 e. The molecule has 0 aromatic carbocycles. The first-order chi connectivity index (χ1) is 30.2. The molecule has 6 heterocycles. The molecule has 0 bridgehead atoms. The lowest BCUT2D eigenvalue weighted by molar-refractivity contribution is -0.155. The van der Waals surface area contributed by atoms with Gasteiger partial charge in [0, 0.05) is 27.7 Å². The monoisotopic (exact) mass is 898 g/mol. The highest BCUT2D eigenvalue weighted by Crippen LogP contribution is 2.40. The number of terminal acetylenes is 2. The van der Waals surface area contributed by atoms with Crippen molar-refractivity contribution in [3.8, 4) is 24.7 Å². The summed E-state index contributed by atoms with van der Waals surface area (Å²) in [4.78, 5) is 111. The van der Waals surface area contributed by atoms with Crippen LogP contribution < -0.4 is 33.1 Å². The Morgan fingerprint density at radius 1 is 0.703 bits per heavy atom. The van der Waals surface area contributed by atoms with Gasteiger partial charge in [-0.25, -0.2) is 27.5 Å². The maximum absolute atomic E-state index is 15.3. The summed E-state index contributed by atoms with van der Waals surface area (Å²) in [6, 6.07) is 0. The molecule has 2 fully saturated rings. The molecule has 0 saturated carbocycles. The SMILES string of the molecule is C#CCn1c(=O)n([C@@H]2O[C@H]([C@@H](C)CC)[C@H](F)[C@H]2OC(C)=O)c2nc(NC(C)=O)[nH]c(=O)c21.C#CCn1c(=O)n([C@@H]2O[C@H]([C@H](C)CC)[C@H](F)[C@H]2OC(C)=O)c2nc(NC(C)=O)[nH]c(=O)c21. The molecule has 22 nitrogen and oxygen atoms in total. The number of esters is 2. The maximum atomic E-state index is 15.3. The first-order valence-electron chi connectivity index (χ1n) is 20.1. The molecule has 344 valence electrons. The molecule has 4 N–H and O–H groups in total. The average Bonchev–Trinajstić information content (AvgIpc) is 3.88. The summed E-state index contributed by atoms with van der Waals surface area (Å²) < 4.78 is 56.6. The third-order valence-corrected chi connectivity index (χ3v) is 10.6. The van der Waals surface area contributed by atoms with Gasteiger partial charge in [-0.1, -0.05) is 52.4 Å².